The van der Waals surface area contributed by atoms with E-state index in [4.69, 9.17) is 23.2 Å². The number of rotatable bonds is 2. The summed E-state index contributed by atoms with van der Waals surface area (Å²) in [6.07, 6.45) is 0. The highest BCUT2D eigenvalue weighted by Crippen LogP contribution is 2.34. The number of hydrogen-bond acceptors (Lipinski definition) is 2. The van der Waals surface area contributed by atoms with Crippen LogP contribution in [0.2, 0.25) is 10.0 Å². The maximum Gasteiger partial charge on any atom is 0.307 e. The minimum atomic E-state index is -1.13. The fraction of sp³-hybridized carbons (Fsp3) is 0. The SMILES string of the molecule is O=[N+]([O-])c1cc(F)c(-c2ccc(Cl)cc2Cl)cc1F. The molecule has 0 spiro atoms. The number of nitro groups is 1. The minimum Gasteiger partial charge on any atom is -0.258 e. The van der Waals surface area contributed by atoms with Crippen molar-refractivity contribution in [3.63, 3.8) is 0 Å². The van der Waals surface area contributed by atoms with Crippen LogP contribution in [0.5, 0.6) is 0 Å². The summed E-state index contributed by atoms with van der Waals surface area (Å²) < 4.78 is 27.3. The van der Waals surface area contributed by atoms with Crippen LogP contribution in [0, 0.1) is 21.7 Å². The van der Waals surface area contributed by atoms with Crippen LogP contribution in [0.3, 0.4) is 0 Å². The third-order valence-corrected chi connectivity index (χ3v) is 3.00. The highest BCUT2D eigenvalue weighted by Gasteiger charge is 2.20. The number of halogens is 4. The fourth-order valence-corrected chi connectivity index (χ4v) is 2.10. The third-order valence-electron chi connectivity index (χ3n) is 2.45. The molecule has 19 heavy (non-hydrogen) atoms. The lowest BCUT2D eigenvalue weighted by molar-refractivity contribution is -0.387. The Morgan fingerprint density at radius 3 is 2.26 bits per heavy atom. The lowest BCUT2D eigenvalue weighted by Gasteiger charge is -2.07. The Bertz CT molecular complexity index is 677. The van der Waals surface area contributed by atoms with E-state index in [1.54, 1.807) is 0 Å². The maximum absolute atomic E-state index is 13.8. The zero-order valence-corrected chi connectivity index (χ0v) is 10.7. The maximum atomic E-state index is 13.8. The van der Waals surface area contributed by atoms with Crippen LogP contribution < -0.4 is 0 Å². The van der Waals surface area contributed by atoms with Crippen LogP contribution in [0.15, 0.2) is 30.3 Å². The van der Waals surface area contributed by atoms with Crippen molar-refractivity contribution in [3.05, 3.63) is 62.1 Å². The smallest absolute Gasteiger partial charge is 0.258 e. The Hall–Kier alpha value is -1.72. The van der Waals surface area contributed by atoms with E-state index < -0.39 is 22.2 Å². The van der Waals surface area contributed by atoms with E-state index in [0.29, 0.717) is 11.1 Å². The van der Waals surface area contributed by atoms with Gasteiger partial charge in [0.1, 0.15) is 5.82 Å². The molecule has 0 fully saturated rings. The van der Waals surface area contributed by atoms with E-state index in [1.807, 2.05) is 0 Å². The summed E-state index contributed by atoms with van der Waals surface area (Å²) in [5.74, 6) is -2.07. The molecule has 0 aliphatic carbocycles. The Labute approximate surface area is 116 Å². The molecule has 0 saturated heterocycles. The fourth-order valence-electron chi connectivity index (χ4n) is 1.59. The summed E-state index contributed by atoms with van der Waals surface area (Å²) in [5.41, 5.74) is -0.881. The van der Waals surface area contributed by atoms with Crippen LogP contribution in [-0.4, -0.2) is 4.92 Å². The molecule has 0 heterocycles. The van der Waals surface area contributed by atoms with E-state index in [-0.39, 0.29) is 16.1 Å². The molecule has 0 aromatic heterocycles. The van der Waals surface area contributed by atoms with Crippen molar-refractivity contribution in [1.29, 1.82) is 0 Å². The number of hydrogen-bond donors (Lipinski definition) is 0. The lowest BCUT2D eigenvalue weighted by atomic mass is 10.0. The van der Waals surface area contributed by atoms with Gasteiger partial charge in [-0.25, -0.2) is 4.39 Å². The van der Waals surface area contributed by atoms with Gasteiger partial charge >= 0.3 is 5.69 Å². The normalized spacial score (nSPS) is 10.5. The lowest BCUT2D eigenvalue weighted by Crippen LogP contribution is -1.96. The predicted molar refractivity (Wildman–Crippen MR) is 68.5 cm³/mol. The van der Waals surface area contributed by atoms with E-state index in [0.717, 1.165) is 6.07 Å². The van der Waals surface area contributed by atoms with Gasteiger partial charge in [-0.2, -0.15) is 4.39 Å². The van der Waals surface area contributed by atoms with Crippen molar-refractivity contribution in [2.45, 2.75) is 0 Å². The Morgan fingerprint density at radius 2 is 1.68 bits per heavy atom. The van der Waals surface area contributed by atoms with Gasteiger partial charge in [-0.3, -0.25) is 10.1 Å². The van der Waals surface area contributed by atoms with Gasteiger partial charge in [0.2, 0.25) is 5.82 Å². The van der Waals surface area contributed by atoms with Crippen molar-refractivity contribution in [3.8, 4) is 11.1 Å². The largest absolute Gasteiger partial charge is 0.307 e. The zero-order chi connectivity index (χ0) is 14.2. The molecule has 0 bridgehead atoms. The van der Waals surface area contributed by atoms with Gasteiger partial charge in [0.05, 0.1) is 11.0 Å². The molecule has 2 rings (SSSR count). The first kappa shape index (κ1) is 13.7. The predicted octanol–water partition coefficient (Wildman–Crippen LogP) is 4.85. The van der Waals surface area contributed by atoms with Gasteiger partial charge in [0.15, 0.2) is 0 Å². The van der Waals surface area contributed by atoms with Crippen LogP contribution >= 0.6 is 23.2 Å². The molecule has 0 aliphatic rings. The third kappa shape index (κ3) is 2.67. The second-order valence-corrected chi connectivity index (χ2v) is 4.51. The van der Waals surface area contributed by atoms with Crippen LogP contribution in [0.4, 0.5) is 14.5 Å². The standard InChI is InChI=1S/C12H5Cl2F2NO2/c13-6-1-2-7(9(14)3-6)8-4-11(16)12(17(18)19)5-10(8)15/h1-5H. The topological polar surface area (TPSA) is 43.1 Å². The highest BCUT2D eigenvalue weighted by molar-refractivity contribution is 6.36. The second kappa shape index (κ2) is 5.11. The molecule has 0 radical (unpaired) electrons. The molecule has 98 valence electrons. The number of benzene rings is 2. The summed E-state index contributed by atoms with van der Waals surface area (Å²) in [5, 5.41) is 11.0. The molecule has 0 unspecified atom stereocenters. The Morgan fingerprint density at radius 1 is 1.00 bits per heavy atom. The monoisotopic (exact) mass is 303 g/mol. The van der Waals surface area contributed by atoms with Gasteiger partial charge in [-0.15, -0.1) is 0 Å². The highest BCUT2D eigenvalue weighted by atomic mass is 35.5. The summed E-state index contributed by atoms with van der Waals surface area (Å²) in [7, 11) is 0. The summed E-state index contributed by atoms with van der Waals surface area (Å²) >= 11 is 11.6. The van der Waals surface area contributed by atoms with E-state index in [9.17, 15) is 18.9 Å². The Kier molecular flexibility index (Phi) is 3.68. The van der Waals surface area contributed by atoms with Crippen LogP contribution in [-0.2, 0) is 0 Å². The van der Waals surface area contributed by atoms with Crippen LogP contribution in [0.25, 0.3) is 11.1 Å². The molecule has 0 aliphatic heterocycles. The van der Waals surface area contributed by atoms with Crippen molar-refractivity contribution in [2.75, 3.05) is 0 Å². The quantitative estimate of drug-likeness (QED) is 0.588. The first-order valence-corrected chi connectivity index (χ1v) is 5.74. The molecule has 0 saturated carbocycles. The molecule has 3 nitrogen and oxygen atoms in total. The molecular weight excluding hydrogens is 299 g/mol. The Balaban J connectivity index is 2.63. The molecule has 0 N–H and O–H groups in total. The summed E-state index contributed by atoms with van der Waals surface area (Å²) in [4.78, 5) is 9.49. The van der Waals surface area contributed by atoms with Crippen molar-refractivity contribution in [1.82, 2.24) is 0 Å². The zero-order valence-electron chi connectivity index (χ0n) is 9.16. The average molecular weight is 304 g/mol. The molecule has 7 heteroatoms. The van der Waals surface area contributed by atoms with E-state index in [1.165, 1.54) is 18.2 Å². The first-order valence-electron chi connectivity index (χ1n) is 4.99. The molecule has 2 aromatic carbocycles. The number of nitrogens with zero attached hydrogens (tertiary/aromatic N) is 1. The second-order valence-electron chi connectivity index (χ2n) is 3.66. The molecular formula is C12H5Cl2F2NO2. The van der Waals surface area contributed by atoms with Gasteiger partial charge in [-0.05, 0) is 18.2 Å². The van der Waals surface area contributed by atoms with Gasteiger partial charge in [0, 0.05) is 21.2 Å². The van der Waals surface area contributed by atoms with Crippen molar-refractivity contribution >= 4 is 28.9 Å². The van der Waals surface area contributed by atoms with Crippen molar-refractivity contribution < 1.29 is 13.7 Å². The first-order chi connectivity index (χ1) is 8.90. The van der Waals surface area contributed by atoms with E-state index in [2.05, 4.69) is 0 Å². The molecule has 0 amide bonds. The molecule has 2 aromatic rings. The van der Waals surface area contributed by atoms with Gasteiger partial charge < -0.3 is 0 Å². The summed E-state index contributed by atoms with van der Waals surface area (Å²) in [6, 6.07) is 5.51. The van der Waals surface area contributed by atoms with Crippen LogP contribution in [0.1, 0.15) is 0 Å². The average Bonchev–Trinajstić information content (AvgIpc) is 2.32. The number of nitro benzene ring substituents is 1. The van der Waals surface area contributed by atoms with E-state index >= 15 is 0 Å². The van der Waals surface area contributed by atoms with Crippen molar-refractivity contribution in [2.24, 2.45) is 0 Å². The van der Waals surface area contributed by atoms with Gasteiger partial charge in [0.25, 0.3) is 0 Å². The summed E-state index contributed by atoms with van der Waals surface area (Å²) in [6.45, 7) is 0. The van der Waals surface area contributed by atoms with Gasteiger partial charge in [-0.1, -0.05) is 29.3 Å². The minimum absolute atomic E-state index is 0.125. The molecule has 0 atom stereocenters.